The normalized spacial score (nSPS) is 43.7. The van der Waals surface area contributed by atoms with E-state index in [1.165, 1.54) is 19.3 Å². The van der Waals surface area contributed by atoms with Crippen molar-refractivity contribution < 1.29 is 19.0 Å². The average Bonchev–Trinajstić information content (AvgIpc) is 2.97. The first-order valence-corrected chi connectivity index (χ1v) is 10.9. The zero-order valence-corrected chi connectivity index (χ0v) is 17.3. The minimum absolute atomic E-state index is 0.0251. The van der Waals surface area contributed by atoms with Crippen LogP contribution in [0.1, 0.15) is 65.2 Å². The molecule has 4 rings (SSSR count). The molecule has 0 amide bonds. The number of carbonyl (C=O) groups excluding carboxylic acids is 1. The van der Waals surface area contributed by atoms with E-state index in [4.69, 9.17) is 14.2 Å². The van der Waals surface area contributed by atoms with Crippen molar-refractivity contribution in [2.45, 2.75) is 71.3 Å². The molecule has 3 saturated carbocycles. The summed E-state index contributed by atoms with van der Waals surface area (Å²) >= 11 is 0. The number of methoxy groups -OCH3 is 1. The smallest absolute Gasteiger partial charge is 0.147 e. The molecule has 4 aliphatic rings. The molecule has 0 saturated heterocycles. The molecule has 0 aliphatic heterocycles. The standard InChI is InChI=1S/C23H36O4/c1-22-10-8-17(27-15-26-13-12-25-3)14-16(22)4-5-18-19-6-7-21(24)23(19,2)11-9-20(18)22/h4,17-20H,5-15H2,1-3H3/t17-,18-,19-,20-,22-,23-/m0/s1. The van der Waals surface area contributed by atoms with Crippen LogP contribution in [0.2, 0.25) is 0 Å². The third-order valence-corrected chi connectivity index (χ3v) is 8.59. The van der Waals surface area contributed by atoms with Crippen molar-refractivity contribution in [1.29, 1.82) is 0 Å². The second kappa shape index (κ2) is 7.61. The number of ketones is 1. The van der Waals surface area contributed by atoms with E-state index >= 15 is 0 Å². The first-order chi connectivity index (χ1) is 13.0. The Kier molecular flexibility index (Phi) is 5.52. The molecule has 6 atom stereocenters. The quantitative estimate of drug-likeness (QED) is 0.388. The first-order valence-electron chi connectivity index (χ1n) is 10.9. The molecule has 4 heteroatoms. The van der Waals surface area contributed by atoms with Gasteiger partial charge in [0.05, 0.1) is 19.3 Å². The van der Waals surface area contributed by atoms with Crippen LogP contribution in [0.25, 0.3) is 0 Å². The first kappa shape index (κ1) is 19.6. The minimum atomic E-state index is -0.0251. The summed E-state index contributed by atoms with van der Waals surface area (Å²) in [5.41, 5.74) is 1.90. The van der Waals surface area contributed by atoms with E-state index in [-0.39, 0.29) is 11.5 Å². The Hall–Kier alpha value is -0.710. The van der Waals surface area contributed by atoms with Crippen molar-refractivity contribution in [3.8, 4) is 0 Å². The Labute approximate surface area is 164 Å². The van der Waals surface area contributed by atoms with Gasteiger partial charge in [0.2, 0.25) is 0 Å². The third-order valence-electron chi connectivity index (χ3n) is 8.59. The molecule has 0 heterocycles. The summed E-state index contributed by atoms with van der Waals surface area (Å²) in [6.07, 6.45) is 11.6. The summed E-state index contributed by atoms with van der Waals surface area (Å²) in [7, 11) is 1.68. The Morgan fingerprint density at radius 1 is 1.07 bits per heavy atom. The van der Waals surface area contributed by atoms with E-state index in [1.54, 1.807) is 12.7 Å². The Morgan fingerprint density at radius 2 is 1.85 bits per heavy atom. The van der Waals surface area contributed by atoms with Crippen LogP contribution in [0.15, 0.2) is 11.6 Å². The van der Waals surface area contributed by atoms with Crippen LogP contribution in [-0.4, -0.2) is 39.0 Å². The summed E-state index contributed by atoms with van der Waals surface area (Å²) < 4.78 is 16.5. The monoisotopic (exact) mass is 376 g/mol. The van der Waals surface area contributed by atoms with Crippen LogP contribution >= 0.6 is 0 Å². The van der Waals surface area contributed by atoms with Crippen molar-refractivity contribution in [3.63, 3.8) is 0 Å². The summed E-state index contributed by atoms with van der Waals surface area (Å²) in [5, 5.41) is 0. The van der Waals surface area contributed by atoms with Gasteiger partial charge in [0.15, 0.2) is 0 Å². The van der Waals surface area contributed by atoms with Crippen LogP contribution in [0, 0.1) is 28.6 Å². The van der Waals surface area contributed by atoms with Crippen LogP contribution in [0.3, 0.4) is 0 Å². The van der Waals surface area contributed by atoms with Gasteiger partial charge >= 0.3 is 0 Å². The molecule has 152 valence electrons. The number of Topliss-reactive ketones (excluding diaryl/α,β-unsaturated/α-hetero) is 1. The Morgan fingerprint density at radius 3 is 2.67 bits per heavy atom. The molecule has 0 unspecified atom stereocenters. The van der Waals surface area contributed by atoms with Gasteiger partial charge in [-0.25, -0.2) is 0 Å². The molecule has 0 aromatic rings. The second-order valence-electron chi connectivity index (χ2n) is 9.73. The fourth-order valence-electron chi connectivity index (χ4n) is 6.89. The van der Waals surface area contributed by atoms with E-state index in [9.17, 15) is 4.79 Å². The van der Waals surface area contributed by atoms with Crippen molar-refractivity contribution in [3.05, 3.63) is 11.6 Å². The van der Waals surface area contributed by atoms with Gasteiger partial charge in [-0.2, -0.15) is 0 Å². The van der Waals surface area contributed by atoms with Crippen LogP contribution < -0.4 is 0 Å². The zero-order chi connectivity index (χ0) is 19.1. The second-order valence-corrected chi connectivity index (χ2v) is 9.73. The van der Waals surface area contributed by atoms with Crippen LogP contribution in [-0.2, 0) is 19.0 Å². The molecule has 0 bridgehead atoms. The van der Waals surface area contributed by atoms with Crippen LogP contribution in [0.5, 0.6) is 0 Å². The van der Waals surface area contributed by atoms with Gasteiger partial charge in [0.1, 0.15) is 12.6 Å². The molecule has 27 heavy (non-hydrogen) atoms. The summed E-state index contributed by atoms with van der Waals surface area (Å²) in [6, 6.07) is 0. The number of hydrogen-bond acceptors (Lipinski definition) is 4. The molecule has 4 aliphatic carbocycles. The molecule has 0 spiro atoms. The van der Waals surface area contributed by atoms with E-state index in [2.05, 4.69) is 19.9 Å². The maximum atomic E-state index is 12.5. The zero-order valence-electron chi connectivity index (χ0n) is 17.3. The highest BCUT2D eigenvalue weighted by atomic mass is 16.7. The molecule has 0 N–H and O–H groups in total. The fourth-order valence-corrected chi connectivity index (χ4v) is 6.89. The molecule has 4 nitrogen and oxygen atoms in total. The predicted molar refractivity (Wildman–Crippen MR) is 104 cm³/mol. The van der Waals surface area contributed by atoms with E-state index in [1.807, 2.05) is 0 Å². The average molecular weight is 377 g/mol. The topological polar surface area (TPSA) is 44.8 Å². The predicted octanol–water partition coefficient (Wildman–Crippen LogP) is 4.52. The summed E-state index contributed by atoms with van der Waals surface area (Å²) in [5.74, 6) is 2.61. The Balaban J connectivity index is 1.41. The van der Waals surface area contributed by atoms with E-state index < -0.39 is 0 Å². The Bertz CT molecular complexity index is 599. The summed E-state index contributed by atoms with van der Waals surface area (Å²) in [6.45, 7) is 6.33. The van der Waals surface area contributed by atoms with Crippen LogP contribution in [0.4, 0.5) is 0 Å². The van der Waals surface area contributed by atoms with Crippen molar-refractivity contribution in [1.82, 2.24) is 0 Å². The lowest BCUT2D eigenvalue weighted by molar-refractivity contribution is -0.133. The van der Waals surface area contributed by atoms with E-state index in [0.29, 0.717) is 43.0 Å². The minimum Gasteiger partial charge on any atom is -0.382 e. The van der Waals surface area contributed by atoms with E-state index in [0.717, 1.165) is 38.0 Å². The van der Waals surface area contributed by atoms with Gasteiger partial charge < -0.3 is 14.2 Å². The lowest BCUT2D eigenvalue weighted by atomic mass is 9.48. The highest BCUT2D eigenvalue weighted by molar-refractivity contribution is 5.87. The maximum absolute atomic E-state index is 12.5. The summed E-state index contributed by atoms with van der Waals surface area (Å²) in [4.78, 5) is 12.5. The molecular formula is C23H36O4. The number of carbonyl (C=O) groups is 1. The maximum Gasteiger partial charge on any atom is 0.147 e. The highest BCUT2D eigenvalue weighted by Gasteiger charge is 2.58. The van der Waals surface area contributed by atoms with Crippen molar-refractivity contribution in [2.24, 2.45) is 28.6 Å². The van der Waals surface area contributed by atoms with Gasteiger partial charge in [-0.15, -0.1) is 0 Å². The number of ether oxygens (including phenoxy) is 3. The highest BCUT2D eigenvalue weighted by Crippen LogP contribution is 2.64. The number of rotatable bonds is 6. The third kappa shape index (κ3) is 3.32. The van der Waals surface area contributed by atoms with Gasteiger partial charge in [-0.1, -0.05) is 25.5 Å². The van der Waals surface area contributed by atoms with Crippen molar-refractivity contribution >= 4 is 5.78 Å². The van der Waals surface area contributed by atoms with Gasteiger partial charge in [0.25, 0.3) is 0 Å². The van der Waals surface area contributed by atoms with Gasteiger partial charge in [-0.05, 0) is 68.1 Å². The molecular weight excluding hydrogens is 340 g/mol. The molecule has 0 radical (unpaired) electrons. The lowest BCUT2D eigenvalue weighted by Crippen LogP contribution is -2.50. The lowest BCUT2D eigenvalue weighted by Gasteiger charge is -2.57. The number of hydrogen-bond donors (Lipinski definition) is 0. The largest absolute Gasteiger partial charge is 0.382 e. The molecule has 0 aromatic carbocycles. The van der Waals surface area contributed by atoms with Crippen molar-refractivity contribution in [2.75, 3.05) is 27.1 Å². The van der Waals surface area contributed by atoms with Gasteiger partial charge in [0, 0.05) is 18.9 Å². The molecule has 3 fully saturated rings. The molecule has 0 aromatic heterocycles. The van der Waals surface area contributed by atoms with Gasteiger partial charge in [-0.3, -0.25) is 4.79 Å². The number of fused-ring (bicyclic) bond motifs is 5. The number of allylic oxidation sites excluding steroid dienone is 1. The fraction of sp³-hybridized carbons (Fsp3) is 0.870. The SMILES string of the molecule is COCCOCO[C@H]1CC[C@@]2(C)C(=CC[C@@H]3[C@@H]2CC[C@]2(C)C(=O)CC[C@@H]32)C1.